The fraction of sp³-hybridized carbons (Fsp3) is 0. The van der Waals surface area contributed by atoms with E-state index in [9.17, 15) is 4.79 Å². The van der Waals surface area contributed by atoms with Crippen LogP contribution in [0.2, 0.25) is 0 Å². The highest BCUT2D eigenvalue weighted by Crippen LogP contribution is 2.32. The summed E-state index contributed by atoms with van der Waals surface area (Å²) < 4.78 is 0. The van der Waals surface area contributed by atoms with Gasteiger partial charge in [-0.05, 0) is 23.3 Å². The number of aromatic nitrogens is 3. The van der Waals surface area contributed by atoms with E-state index in [4.69, 9.17) is 5.73 Å². The molecule has 5 heteroatoms. The molecule has 4 rings (SSSR count). The summed E-state index contributed by atoms with van der Waals surface area (Å²) in [5, 5.41) is 8.24. The molecule has 0 spiro atoms. The van der Waals surface area contributed by atoms with E-state index in [2.05, 4.69) is 15.2 Å². The van der Waals surface area contributed by atoms with Crippen LogP contribution in [0, 0.1) is 0 Å². The van der Waals surface area contributed by atoms with E-state index in [0.717, 1.165) is 27.6 Å². The van der Waals surface area contributed by atoms with Crippen LogP contribution in [0.4, 0.5) is 0 Å². The monoisotopic (exact) mass is 302 g/mol. The molecule has 0 aliphatic carbocycles. The number of amides is 1. The van der Waals surface area contributed by atoms with E-state index >= 15 is 0 Å². The van der Waals surface area contributed by atoms with Crippen molar-refractivity contribution in [3.63, 3.8) is 0 Å². The van der Waals surface area contributed by atoms with Crippen molar-refractivity contribution >= 4 is 16.8 Å². The van der Waals surface area contributed by atoms with E-state index in [-0.39, 0.29) is 0 Å². The topological polar surface area (TPSA) is 87.6 Å². The number of primary amides is 1. The number of nitrogens with zero attached hydrogens (tertiary/aromatic N) is 1. The molecule has 0 saturated carbocycles. The lowest BCUT2D eigenvalue weighted by molar-refractivity contribution is 0.100. The number of carbonyl (C=O) groups is 1. The average molecular weight is 302 g/mol. The van der Waals surface area contributed by atoms with Gasteiger partial charge in [-0.15, -0.1) is 0 Å². The van der Waals surface area contributed by atoms with Gasteiger partial charge < -0.3 is 10.7 Å². The molecule has 4 N–H and O–H groups in total. The number of fused-ring (bicyclic) bond motifs is 1. The molecule has 2 aromatic heterocycles. The van der Waals surface area contributed by atoms with Gasteiger partial charge in [-0.25, -0.2) is 0 Å². The first-order valence-electron chi connectivity index (χ1n) is 7.24. The Bertz CT molecular complexity index is 998. The molecule has 0 saturated heterocycles. The Balaban J connectivity index is 1.96. The molecule has 0 atom stereocenters. The molecule has 0 radical (unpaired) electrons. The molecule has 0 aliphatic rings. The number of nitrogens with two attached hydrogens (primary N) is 1. The van der Waals surface area contributed by atoms with Gasteiger partial charge in [0.05, 0.1) is 5.52 Å². The zero-order chi connectivity index (χ0) is 15.8. The minimum atomic E-state index is -0.466. The third-order valence-corrected chi connectivity index (χ3v) is 3.94. The lowest BCUT2D eigenvalue weighted by Gasteiger charge is -2.08. The molecule has 0 bridgehead atoms. The standard InChI is InChI=1S/C18H14N4O/c19-18(23)13-7-6-12(11-4-2-1-3-5-11)8-14(13)17-15-9-20-10-16(15)21-22-17/h1-10,20-21H,(H2,19,23). The first kappa shape index (κ1) is 13.3. The number of hydrogen-bond donors (Lipinski definition) is 3. The van der Waals surface area contributed by atoms with Gasteiger partial charge >= 0.3 is 0 Å². The predicted octanol–water partition coefficient (Wildman–Crippen LogP) is 3.32. The number of carbonyl (C=O) groups excluding carboxylic acids is 1. The number of benzene rings is 2. The summed E-state index contributed by atoms with van der Waals surface area (Å²) in [6.07, 6.45) is 3.69. The number of aromatic amines is 2. The van der Waals surface area contributed by atoms with Crippen LogP contribution in [0.15, 0.2) is 60.9 Å². The summed E-state index contributed by atoms with van der Waals surface area (Å²) in [5.74, 6) is -0.466. The second-order valence-corrected chi connectivity index (χ2v) is 5.35. The Labute approximate surface area is 132 Å². The summed E-state index contributed by atoms with van der Waals surface area (Å²) in [6, 6.07) is 15.6. The largest absolute Gasteiger partial charge is 0.366 e. The maximum atomic E-state index is 11.8. The van der Waals surface area contributed by atoms with Gasteiger partial charge in [0, 0.05) is 28.9 Å². The minimum Gasteiger partial charge on any atom is -0.366 e. The summed E-state index contributed by atoms with van der Waals surface area (Å²) in [7, 11) is 0. The van der Waals surface area contributed by atoms with E-state index in [1.54, 1.807) is 6.07 Å². The molecule has 2 aromatic carbocycles. The van der Waals surface area contributed by atoms with Crippen LogP contribution in [0.25, 0.3) is 33.3 Å². The molecule has 0 aliphatic heterocycles. The van der Waals surface area contributed by atoms with Gasteiger partial charge in [-0.3, -0.25) is 9.89 Å². The second kappa shape index (κ2) is 5.14. The summed E-state index contributed by atoms with van der Waals surface area (Å²) in [4.78, 5) is 14.9. The Morgan fingerprint density at radius 1 is 1.00 bits per heavy atom. The molecular weight excluding hydrogens is 288 g/mol. The first-order chi connectivity index (χ1) is 11.2. The number of rotatable bonds is 3. The van der Waals surface area contributed by atoms with Crippen molar-refractivity contribution in [1.82, 2.24) is 15.2 Å². The Kier molecular flexibility index (Phi) is 2.98. The smallest absolute Gasteiger partial charge is 0.249 e. The fourth-order valence-corrected chi connectivity index (χ4v) is 2.80. The molecular formula is C18H14N4O. The van der Waals surface area contributed by atoms with Crippen LogP contribution >= 0.6 is 0 Å². The molecule has 4 aromatic rings. The van der Waals surface area contributed by atoms with Crippen molar-refractivity contribution in [2.75, 3.05) is 0 Å². The number of H-pyrrole nitrogens is 2. The Hall–Kier alpha value is -3.34. The second-order valence-electron chi connectivity index (χ2n) is 5.35. The molecule has 23 heavy (non-hydrogen) atoms. The number of hydrogen-bond acceptors (Lipinski definition) is 2. The van der Waals surface area contributed by atoms with Crippen LogP contribution < -0.4 is 5.73 Å². The maximum absolute atomic E-state index is 11.8. The minimum absolute atomic E-state index is 0.458. The van der Waals surface area contributed by atoms with Gasteiger partial charge in [0.1, 0.15) is 5.69 Å². The van der Waals surface area contributed by atoms with Crippen molar-refractivity contribution in [1.29, 1.82) is 0 Å². The van der Waals surface area contributed by atoms with Gasteiger partial charge in [-0.2, -0.15) is 5.10 Å². The van der Waals surface area contributed by atoms with Crippen molar-refractivity contribution in [3.05, 3.63) is 66.5 Å². The SMILES string of the molecule is NC(=O)c1ccc(-c2ccccc2)cc1-c1n[nH]c2c[nH]cc12. The number of nitrogens with one attached hydrogen (secondary N) is 2. The van der Waals surface area contributed by atoms with Crippen LogP contribution in [0.5, 0.6) is 0 Å². The van der Waals surface area contributed by atoms with Crippen LogP contribution in [-0.2, 0) is 0 Å². The third-order valence-electron chi connectivity index (χ3n) is 3.94. The zero-order valence-electron chi connectivity index (χ0n) is 12.2. The lowest BCUT2D eigenvalue weighted by Crippen LogP contribution is -2.12. The van der Waals surface area contributed by atoms with Gasteiger partial charge in [-0.1, -0.05) is 36.4 Å². The van der Waals surface area contributed by atoms with Gasteiger partial charge in [0.15, 0.2) is 0 Å². The van der Waals surface area contributed by atoms with Crippen molar-refractivity contribution in [2.45, 2.75) is 0 Å². The van der Waals surface area contributed by atoms with E-state index < -0.39 is 5.91 Å². The zero-order valence-corrected chi connectivity index (χ0v) is 12.2. The van der Waals surface area contributed by atoms with Crippen molar-refractivity contribution in [2.24, 2.45) is 5.73 Å². The normalized spacial score (nSPS) is 11.0. The maximum Gasteiger partial charge on any atom is 0.249 e. The van der Waals surface area contributed by atoms with E-state index in [0.29, 0.717) is 11.3 Å². The van der Waals surface area contributed by atoms with Gasteiger partial charge in [0.25, 0.3) is 0 Å². The third kappa shape index (κ3) is 2.19. The quantitative estimate of drug-likeness (QED) is 0.542. The molecule has 112 valence electrons. The lowest BCUT2D eigenvalue weighted by atomic mass is 9.96. The Morgan fingerprint density at radius 2 is 1.83 bits per heavy atom. The van der Waals surface area contributed by atoms with Crippen LogP contribution in [0.1, 0.15) is 10.4 Å². The Morgan fingerprint density at radius 3 is 2.61 bits per heavy atom. The predicted molar refractivity (Wildman–Crippen MR) is 89.8 cm³/mol. The highest BCUT2D eigenvalue weighted by molar-refractivity contribution is 6.04. The highest BCUT2D eigenvalue weighted by Gasteiger charge is 2.16. The molecule has 5 nitrogen and oxygen atoms in total. The fourth-order valence-electron chi connectivity index (χ4n) is 2.80. The van der Waals surface area contributed by atoms with Crippen molar-refractivity contribution < 1.29 is 4.79 Å². The summed E-state index contributed by atoms with van der Waals surface area (Å²) in [6.45, 7) is 0. The summed E-state index contributed by atoms with van der Waals surface area (Å²) >= 11 is 0. The first-order valence-corrected chi connectivity index (χ1v) is 7.24. The molecule has 0 fully saturated rings. The van der Waals surface area contributed by atoms with Crippen molar-refractivity contribution in [3.8, 4) is 22.4 Å². The van der Waals surface area contributed by atoms with Crippen LogP contribution in [-0.4, -0.2) is 21.1 Å². The average Bonchev–Trinajstić information content (AvgIpc) is 3.18. The molecule has 2 heterocycles. The summed E-state index contributed by atoms with van der Waals surface area (Å²) in [5.41, 5.74) is 10.4. The highest BCUT2D eigenvalue weighted by atomic mass is 16.1. The van der Waals surface area contributed by atoms with E-state index in [1.165, 1.54) is 0 Å². The molecule has 0 unspecified atom stereocenters. The van der Waals surface area contributed by atoms with E-state index in [1.807, 2.05) is 54.9 Å². The molecule has 1 amide bonds. The van der Waals surface area contributed by atoms with Gasteiger partial charge in [0.2, 0.25) is 5.91 Å². The van der Waals surface area contributed by atoms with Crippen LogP contribution in [0.3, 0.4) is 0 Å².